The van der Waals surface area contributed by atoms with Gasteiger partial charge in [0.15, 0.2) is 12.0 Å². The van der Waals surface area contributed by atoms with Crippen LogP contribution in [0.25, 0.3) is 11.1 Å². The zero-order chi connectivity index (χ0) is 18.8. The molecule has 1 fully saturated rings. The van der Waals surface area contributed by atoms with Gasteiger partial charge in [0, 0.05) is 31.7 Å². The first-order valence-corrected chi connectivity index (χ1v) is 9.06. The number of carbonyl (C=O) groups excluding carboxylic acids is 2. The molecule has 0 spiro atoms. The van der Waals surface area contributed by atoms with E-state index in [0.717, 1.165) is 16.6 Å². The predicted octanol–water partition coefficient (Wildman–Crippen LogP) is 2.66. The van der Waals surface area contributed by atoms with E-state index in [1.165, 1.54) is 6.39 Å². The lowest BCUT2D eigenvalue weighted by Crippen LogP contribution is -2.51. The first-order chi connectivity index (χ1) is 13.1. The van der Waals surface area contributed by atoms with E-state index in [9.17, 15) is 9.59 Å². The van der Waals surface area contributed by atoms with Crippen LogP contribution in [0, 0.1) is 6.92 Å². The zero-order valence-electron chi connectivity index (χ0n) is 15.2. The Morgan fingerprint density at radius 2 is 1.81 bits per heavy atom. The van der Waals surface area contributed by atoms with Crippen LogP contribution in [-0.2, 0) is 11.2 Å². The summed E-state index contributed by atoms with van der Waals surface area (Å²) < 4.78 is 5.27. The lowest BCUT2D eigenvalue weighted by molar-refractivity contribution is -0.131. The minimum atomic E-state index is -0.0425. The van der Waals surface area contributed by atoms with Gasteiger partial charge in [0.25, 0.3) is 5.91 Å². The highest BCUT2D eigenvalue weighted by atomic mass is 16.3. The minimum absolute atomic E-state index is 0.0425. The smallest absolute Gasteiger partial charge is 0.254 e. The van der Waals surface area contributed by atoms with Gasteiger partial charge in [-0.2, -0.15) is 0 Å². The molecule has 6 nitrogen and oxygen atoms in total. The van der Waals surface area contributed by atoms with Crippen molar-refractivity contribution in [2.45, 2.75) is 13.3 Å². The highest BCUT2D eigenvalue weighted by molar-refractivity contribution is 5.97. The van der Waals surface area contributed by atoms with E-state index in [1.807, 2.05) is 36.1 Å². The molecule has 0 saturated carbocycles. The molecule has 27 heavy (non-hydrogen) atoms. The van der Waals surface area contributed by atoms with E-state index in [0.29, 0.717) is 43.7 Å². The number of aromatic nitrogens is 1. The van der Waals surface area contributed by atoms with Crippen LogP contribution in [0.3, 0.4) is 0 Å². The molecule has 0 unspecified atom stereocenters. The fourth-order valence-electron chi connectivity index (χ4n) is 3.44. The number of rotatable bonds is 3. The molecule has 4 rings (SSSR count). The molecule has 0 atom stereocenters. The van der Waals surface area contributed by atoms with Crippen LogP contribution in [0.1, 0.15) is 21.5 Å². The second-order valence-electron chi connectivity index (χ2n) is 6.87. The SMILES string of the molecule is Cc1cccc(CC(=O)N2CCN(C(=O)c3ccc4ncoc4c3)CC2)c1. The predicted molar refractivity (Wildman–Crippen MR) is 101 cm³/mol. The molecule has 1 saturated heterocycles. The molecule has 0 bridgehead atoms. The number of amides is 2. The van der Waals surface area contributed by atoms with E-state index in [-0.39, 0.29) is 11.8 Å². The van der Waals surface area contributed by atoms with Gasteiger partial charge in [-0.15, -0.1) is 0 Å². The lowest BCUT2D eigenvalue weighted by Gasteiger charge is -2.35. The third-order valence-electron chi connectivity index (χ3n) is 4.94. The van der Waals surface area contributed by atoms with Gasteiger partial charge in [-0.25, -0.2) is 4.98 Å². The summed E-state index contributed by atoms with van der Waals surface area (Å²) in [5, 5.41) is 0. The van der Waals surface area contributed by atoms with Crippen molar-refractivity contribution in [2.75, 3.05) is 26.2 Å². The summed E-state index contributed by atoms with van der Waals surface area (Å²) in [6.07, 6.45) is 1.77. The molecule has 1 aliphatic rings. The maximum atomic E-state index is 12.7. The molecule has 1 aliphatic heterocycles. The molecule has 1 aromatic heterocycles. The van der Waals surface area contributed by atoms with Crippen LogP contribution < -0.4 is 0 Å². The molecule has 0 radical (unpaired) electrons. The number of fused-ring (bicyclic) bond motifs is 1. The van der Waals surface area contributed by atoms with Crippen molar-refractivity contribution in [1.82, 2.24) is 14.8 Å². The summed E-state index contributed by atoms with van der Waals surface area (Å²) in [7, 11) is 0. The summed E-state index contributed by atoms with van der Waals surface area (Å²) >= 11 is 0. The summed E-state index contributed by atoms with van der Waals surface area (Å²) in [6, 6.07) is 13.3. The zero-order valence-corrected chi connectivity index (χ0v) is 15.2. The van der Waals surface area contributed by atoms with Gasteiger partial charge in [-0.3, -0.25) is 9.59 Å². The summed E-state index contributed by atoms with van der Waals surface area (Å²) in [4.78, 5) is 33.0. The third-order valence-corrected chi connectivity index (χ3v) is 4.94. The second-order valence-corrected chi connectivity index (χ2v) is 6.87. The van der Waals surface area contributed by atoms with E-state index in [2.05, 4.69) is 4.98 Å². The van der Waals surface area contributed by atoms with Crippen LogP contribution in [0.2, 0.25) is 0 Å². The van der Waals surface area contributed by atoms with Crippen molar-refractivity contribution in [1.29, 1.82) is 0 Å². The van der Waals surface area contributed by atoms with Gasteiger partial charge in [0.2, 0.25) is 5.91 Å². The molecule has 3 aromatic rings. The van der Waals surface area contributed by atoms with Crippen LogP contribution in [0.4, 0.5) is 0 Å². The van der Waals surface area contributed by atoms with Gasteiger partial charge in [0.05, 0.1) is 6.42 Å². The van der Waals surface area contributed by atoms with Gasteiger partial charge >= 0.3 is 0 Å². The highest BCUT2D eigenvalue weighted by Crippen LogP contribution is 2.17. The average Bonchev–Trinajstić information content (AvgIpc) is 3.15. The first kappa shape index (κ1) is 17.3. The molecular formula is C21H21N3O3. The van der Waals surface area contributed by atoms with Crippen LogP contribution in [0.5, 0.6) is 0 Å². The largest absolute Gasteiger partial charge is 0.443 e. The van der Waals surface area contributed by atoms with Crippen LogP contribution in [0.15, 0.2) is 53.3 Å². The fraction of sp³-hybridized carbons (Fsp3) is 0.286. The molecule has 2 heterocycles. The molecule has 2 amide bonds. The van der Waals surface area contributed by atoms with Crippen molar-refractivity contribution in [3.05, 3.63) is 65.5 Å². The van der Waals surface area contributed by atoms with Gasteiger partial charge < -0.3 is 14.2 Å². The fourth-order valence-corrected chi connectivity index (χ4v) is 3.44. The Hall–Kier alpha value is -3.15. The summed E-state index contributed by atoms with van der Waals surface area (Å²) in [6.45, 7) is 4.20. The number of carbonyl (C=O) groups is 2. The number of benzene rings is 2. The maximum Gasteiger partial charge on any atom is 0.254 e. The topological polar surface area (TPSA) is 66.7 Å². The lowest BCUT2D eigenvalue weighted by atomic mass is 10.1. The number of hydrogen-bond acceptors (Lipinski definition) is 4. The molecule has 0 aliphatic carbocycles. The monoisotopic (exact) mass is 363 g/mol. The highest BCUT2D eigenvalue weighted by Gasteiger charge is 2.25. The Morgan fingerprint density at radius 1 is 1.04 bits per heavy atom. The Kier molecular flexibility index (Phi) is 4.62. The van der Waals surface area contributed by atoms with E-state index in [4.69, 9.17) is 4.42 Å². The number of nitrogens with zero attached hydrogens (tertiary/aromatic N) is 3. The van der Waals surface area contributed by atoms with Gasteiger partial charge in [0.1, 0.15) is 5.52 Å². The minimum Gasteiger partial charge on any atom is -0.443 e. The Bertz CT molecular complexity index is 987. The quantitative estimate of drug-likeness (QED) is 0.718. The molecule has 138 valence electrons. The van der Waals surface area contributed by atoms with Gasteiger partial charge in [-0.1, -0.05) is 29.8 Å². The molecule has 0 N–H and O–H groups in total. The van der Waals surface area contributed by atoms with E-state index < -0.39 is 0 Å². The van der Waals surface area contributed by atoms with Crippen molar-refractivity contribution >= 4 is 22.9 Å². The van der Waals surface area contributed by atoms with E-state index >= 15 is 0 Å². The van der Waals surface area contributed by atoms with Crippen molar-refractivity contribution in [3.8, 4) is 0 Å². The summed E-state index contributed by atoms with van der Waals surface area (Å²) in [5.41, 5.74) is 4.10. The van der Waals surface area contributed by atoms with Crippen molar-refractivity contribution < 1.29 is 14.0 Å². The second kappa shape index (κ2) is 7.23. The molecular weight excluding hydrogens is 342 g/mol. The van der Waals surface area contributed by atoms with Gasteiger partial charge in [-0.05, 0) is 30.7 Å². The Balaban J connectivity index is 1.36. The number of hydrogen-bond donors (Lipinski definition) is 0. The normalized spacial score (nSPS) is 14.6. The summed E-state index contributed by atoms with van der Waals surface area (Å²) in [5.74, 6) is 0.0647. The first-order valence-electron chi connectivity index (χ1n) is 9.06. The number of piperazine rings is 1. The Morgan fingerprint density at radius 3 is 2.59 bits per heavy atom. The number of aryl methyl sites for hydroxylation is 1. The third kappa shape index (κ3) is 3.69. The van der Waals surface area contributed by atoms with Crippen LogP contribution >= 0.6 is 0 Å². The van der Waals surface area contributed by atoms with E-state index in [1.54, 1.807) is 23.1 Å². The molecule has 2 aromatic carbocycles. The Labute approximate surface area is 157 Å². The van der Waals surface area contributed by atoms with Crippen molar-refractivity contribution in [3.63, 3.8) is 0 Å². The average molecular weight is 363 g/mol. The maximum absolute atomic E-state index is 12.7. The van der Waals surface area contributed by atoms with Crippen LogP contribution in [-0.4, -0.2) is 52.8 Å². The standard InChI is InChI=1S/C21H21N3O3/c1-15-3-2-4-16(11-15)12-20(25)23-7-9-24(10-8-23)21(26)17-5-6-18-19(13-17)27-14-22-18/h2-6,11,13-14H,7-10,12H2,1H3. The van der Waals surface area contributed by atoms with Crippen molar-refractivity contribution in [2.24, 2.45) is 0 Å². The number of oxazole rings is 1. The molecule has 6 heteroatoms.